The monoisotopic (exact) mass is 170 g/mol. The van der Waals surface area contributed by atoms with Crippen LogP contribution in [0.2, 0.25) is 0 Å². The van der Waals surface area contributed by atoms with E-state index in [1.54, 1.807) is 18.2 Å². The fourth-order valence-corrected chi connectivity index (χ4v) is 1.02. The van der Waals surface area contributed by atoms with Crippen LogP contribution in [-0.4, -0.2) is 0 Å². The van der Waals surface area contributed by atoms with E-state index in [4.69, 9.17) is 11.6 Å². The number of alkyl halides is 1. The first-order valence-electron chi connectivity index (χ1n) is 3.24. The van der Waals surface area contributed by atoms with E-state index in [0.717, 1.165) is 5.56 Å². The van der Waals surface area contributed by atoms with Crippen molar-refractivity contribution in [2.24, 2.45) is 0 Å². The van der Waals surface area contributed by atoms with Gasteiger partial charge in [-0.25, -0.2) is 4.39 Å². The highest BCUT2D eigenvalue weighted by molar-refractivity contribution is 6.17. The highest BCUT2D eigenvalue weighted by Crippen LogP contribution is 2.12. The fourth-order valence-electron chi connectivity index (χ4n) is 0.799. The topological polar surface area (TPSA) is 0 Å². The first-order chi connectivity index (χ1) is 5.27. The average molecular weight is 171 g/mol. The normalized spacial score (nSPS) is 9.64. The maximum absolute atomic E-state index is 12.9. The summed E-state index contributed by atoms with van der Waals surface area (Å²) in [7, 11) is 0. The van der Waals surface area contributed by atoms with Gasteiger partial charge in [0.2, 0.25) is 0 Å². The van der Waals surface area contributed by atoms with Crippen LogP contribution in [0.5, 0.6) is 0 Å². The summed E-state index contributed by atoms with van der Waals surface area (Å²) in [5.41, 5.74) is 1.30. The number of benzene rings is 1. The minimum atomic E-state index is -0.266. The van der Waals surface area contributed by atoms with Gasteiger partial charge in [0, 0.05) is 5.56 Å². The van der Waals surface area contributed by atoms with Crippen LogP contribution in [0.15, 0.2) is 24.8 Å². The molecule has 1 aromatic rings. The summed E-state index contributed by atoms with van der Waals surface area (Å²) in [6.45, 7) is 3.53. The van der Waals surface area contributed by atoms with Crippen molar-refractivity contribution in [1.29, 1.82) is 0 Å². The van der Waals surface area contributed by atoms with Crippen LogP contribution in [-0.2, 0) is 5.88 Å². The summed E-state index contributed by atoms with van der Waals surface area (Å²) in [6, 6.07) is 4.87. The Morgan fingerprint density at radius 3 is 2.73 bits per heavy atom. The molecule has 0 fully saturated rings. The Kier molecular flexibility index (Phi) is 2.66. The van der Waals surface area contributed by atoms with Crippen molar-refractivity contribution < 1.29 is 4.39 Å². The molecule has 2 heteroatoms. The summed E-state index contributed by atoms with van der Waals surface area (Å²) in [5, 5.41) is 0. The maximum Gasteiger partial charge on any atom is 0.128 e. The molecule has 0 aromatic heterocycles. The van der Waals surface area contributed by atoms with E-state index in [0.29, 0.717) is 5.56 Å². The van der Waals surface area contributed by atoms with Gasteiger partial charge in [0.05, 0.1) is 5.88 Å². The van der Waals surface area contributed by atoms with Crippen molar-refractivity contribution in [3.05, 3.63) is 41.7 Å². The van der Waals surface area contributed by atoms with Crippen LogP contribution in [0.25, 0.3) is 6.08 Å². The van der Waals surface area contributed by atoms with Gasteiger partial charge in [-0.15, -0.1) is 11.6 Å². The van der Waals surface area contributed by atoms with Crippen molar-refractivity contribution in [3.63, 3.8) is 0 Å². The van der Waals surface area contributed by atoms with Gasteiger partial charge in [-0.05, 0) is 11.6 Å². The van der Waals surface area contributed by atoms with Gasteiger partial charge in [0.25, 0.3) is 0 Å². The molecule has 0 aliphatic heterocycles. The van der Waals surface area contributed by atoms with Gasteiger partial charge in [-0.3, -0.25) is 0 Å². The first-order valence-corrected chi connectivity index (χ1v) is 3.78. The van der Waals surface area contributed by atoms with Crippen molar-refractivity contribution in [2.45, 2.75) is 5.88 Å². The minimum Gasteiger partial charge on any atom is -0.207 e. The van der Waals surface area contributed by atoms with Crippen molar-refractivity contribution >= 4 is 17.7 Å². The Hall–Kier alpha value is -0.820. The molecule has 0 spiro atoms. The van der Waals surface area contributed by atoms with Gasteiger partial charge >= 0.3 is 0 Å². The molecule has 11 heavy (non-hydrogen) atoms. The smallest absolute Gasteiger partial charge is 0.128 e. The second-order valence-electron chi connectivity index (χ2n) is 2.19. The molecular formula is C9H8ClF. The Labute approximate surface area is 70.3 Å². The van der Waals surface area contributed by atoms with E-state index in [1.807, 2.05) is 0 Å². The molecule has 58 valence electrons. The van der Waals surface area contributed by atoms with E-state index >= 15 is 0 Å². The summed E-state index contributed by atoms with van der Waals surface area (Å²) in [5.74, 6) is -0.0547. The van der Waals surface area contributed by atoms with E-state index < -0.39 is 0 Å². The SMILES string of the molecule is C=Cc1ccc(CCl)c(F)c1. The molecule has 0 saturated carbocycles. The molecular weight excluding hydrogens is 163 g/mol. The molecule has 0 amide bonds. The molecule has 0 aliphatic carbocycles. The quantitative estimate of drug-likeness (QED) is 0.598. The van der Waals surface area contributed by atoms with Crippen LogP contribution in [0.1, 0.15) is 11.1 Å². The lowest BCUT2D eigenvalue weighted by Gasteiger charge is -1.98. The number of hydrogen-bond acceptors (Lipinski definition) is 0. The van der Waals surface area contributed by atoms with Gasteiger partial charge in [-0.1, -0.05) is 24.8 Å². The fraction of sp³-hybridized carbons (Fsp3) is 0.111. The van der Waals surface area contributed by atoms with Gasteiger partial charge < -0.3 is 0 Å². The lowest BCUT2D eigenvalue weighted by atomic mass is 10.1. The summed E-state index contributed by atoms with van der Waals surface area (Å²) >= 11 is 5.46. The summed E-state index contributed by atoms with van der Waals surface area (Å²) in [4.78, 5) is 0. The second kappa shape index (κ2) is 3.54. The molecule has 0 unspecified atom stereocenters. The van der Waals surface area contributed by atoms with E-state index in [-0.39, 0.29) is 11.7 Å². The highest BCUT2D eigenvalue weighted by Gasteiger charge is 1.99. The standard InChI is InChI=1S/C9H8ClF/c1-2-7-3-4-8(6-10)9(11)5-7/h2-5H,1,6H2. The van der Waals surface area contributed by atoms with Crippen molar-refractivity contribution in [1.82, 2.24) is 0 Å². The van der Waals surface area contributed by atoms with Crippen LogP contribution in [0.3, 0.4) is 0 Å². The lowest BCUT2D eigenvalue weighted by Crippen LogP contribution is -1.85. The zero-order chi connectivity index (χ0) is 8.27. The zero-order valence-corrected chi connectivity index (χ0v) is 6.74. The van der Waals surface area contributed by atoms with Crippen molar-refractivity contribution in [3.8, 4) is 0 Å². The molecule has 0 radical (unpaired) electrons. The predicted octanol–water partition coefficient (Wildman–Crippen LogP) is 3.21. The largest absolute Gasteiger partial charge is 0.207 e. The van der Waals surface area contributed by atoms with Crippen molar-refractivity contribution in [2.75, 3.05) is 0 Å². The molecule has 0 saturated heterocycles. The lowest BCUT2D eigenvalue weighted by molar-refractivity contribution is 0.616. The van der Waals surface area contributed by atoms with Crippen LogP contribution in [0.4, 0.5) is 4.39 Å². The molecule has 0 nitrogen and oxygen atoms in total. The Morgan fingerprint density at radius 2 is 2.27 bits per heavy atom. The molecule has 0 aliphatic rings. The number of halogens is 2. The van der Waals surface area contributed by atoms with Crippen LogP contribution >= 0.6 is 11.6 Å². The third-order valence-electron chi connectivity index (χ3n) is 1.46. The molecule has 1 aromatic carbocycles. The zero-order valence-electron chi connectivity index (χ0n) is 5.98. The third-order valence-corrected chi connectivity index (χ3v) is 1.74. The highest BCUT2D eigenvalue weighted by atomic mass is 35.5. The average Bonchev–Trinajstić information content (AvgIpc) is 2.04. The van der Waals surface area contributed by atoms with Gasteiger partial charge in [0.1, 0.15) is 5.82 Å². The molecule has 0 atom stereocenters. The Morgan fingerprint density at radius 1 is 1.55 bits per heavy atom. The third kappa shape index (κ3) is 1.81. The molecule has 0 N–H and O–H groups in total. The van der Waals surface area contributed by atoms with E-state index in [2.05, 4.69) is 6.58 Å². The van der Waals surface area contributed by atoms with Crippen LogP contribution < -0.4 is 0 Å². The molecule has 1 rings (SSSR count). The maximum atomic E-state index is 12.9. The van der Waals surface area contributed by atoms with Gasteiger partial charge in [0.15, 0.2) is 0 Å². The number of rotatable bonds is 2. The minimum absolute atomic E-state index is 0.212. The molecule has 0 bridgehead atoms. The number of hydrogen-bond donors (Lipinski definition) is 0. The van der Waals surface area contributed by atoms with E-state index in [1.165, 1.54) is 6.07 Å². The van der Waals surface area contributed by atoms with Gasteiger partial charge in [-0.2, -0.15) is 0 Å². The van der Waals surface area contributed by atoms with E-state index in [9.17, 15) is 4.39 Å². The Balaban J connectivity index is 3.09. The first kappa shape index (κ1) is 8.28. The van der Waals surface area contributed by atoms with Crippen LogP contribution in [0, 0.1) is 5.82 Å². The summed E-state index contributed by atoms with van der Waals surface area (Å²) in [6.07, 6.45) is 1.60. The predicted molar refractivity (Wildman–Crippen MR) is 46.0 cm³/mol. The molecule has 0 heterocycles. The Bertz CT molecular complexity index is 268. The summed E-state index contributed by atoms with van der Waals surface area (Å²) < 4.78 is 12.9. The second-order valence-corrected chi connectivity index (χ2v) is 2.46.